The molecule has 0 fully saturated rings. The van der Waals surface area contributed by atoms with E-state index in [1.807, 2.05) is 25.1 Å². The lowest BCUT2D eigenvalue weighted by atomic mass is 9.95. The first kappa shape index (κ1) is 13.0. The van der Waals surface area contributed by atoms with Gasteiger partial charge in [0.1, 0.15) is 5.82 Å². The Morgan fingerprint density at radius 2 is 2.06 bits per heavy atom. The first-order valence-electron chi connectivity index (χ1n) is 5.66. The van der Waals surface area contributed by atoms with E-state index in [1.54, 1.807) is 19.3 Å². The molecule has 0 saturated heterocycles. The summed E-state index contributed by atoms with van der Waals surface area (Å²) in [6, 6.07) is 7.09. The number of aryl methyl sites for hydroxylation is 1. The Labute approximate surface area is 111 Å². The van der Waals surface area contributed by atoms with Gasteiger partial charge in [0.2, 0.25) is 0 Å². The molecule has 0 aliphatic rings. The topological polar surface area (TPSA) is 24.9 Å². The van der Waals surface area contributed by atoms with Crippen LogP contribution in [-0.2, 0) is 0 Å². The lowest BCUT2D eigenvalue weighted by molar-refractivity contribution is 0.570. The predicted molar refractivity (Wildman–Crippen MR) is 71.3 cm³/mol. The van der Waals surface area contributed by atoms with Gasteiger partial charge >= 0.3 is 0 Å². The van der Waals surface area contributed by atoms with Crippen molar-refractivity contribution < 1.29 is 4.39 Å². The molecule has 1 atom stereocenters. The van der Waals surface area contributed by atoms with Crippen LogP contribution < -0.4 is 5.32 Å². The first-order valence-corrected chi connectivity index (χ1v) is 6.04. The largest absolute Gasteiger partial charge is 0.309 e. The van der Waals surface area contributed by atoms with E-state index in [-0.39, 0.29) is 11.9 Å². The van der Waals surface area contributed by atoms with E-state index in [1.165, 1.54) is 6.20 Å². The Kier molecular flexibility index (Phi) is 3.94. The van der Waals surface area contributed by atoms with Crippen molar-refractivity contribution >= 4 is 11.6 Å². The Hall–Kier alpha value is -1.45. The molecule has 2 aromatic rings. The second-order valence-corrected chi connectivity index (χ2v) is 4.56. The fraction of sp³-hybridized carbons (Fsp3) is 0.214. The van der Waals surface area contributed by atoms with E-state index in [2.05, 4.69) is 10.3 Å². The maximum Gasteiger partial charge on any atom is 0.146 e. The van der Waals surface area contributed by atoms with Gasteiger partial charge < -0.3 is 5.32 Å². The Balaban J connectivity index is 2.49. The molecule has 4 heteroatoms. The van der Waals surface area contributed by atoms with Crippen molar-refractivity contribution in [3.8, 4) is 0 Å². The summed E-state index contributed by atoms with van der Waals surface area (Å²) in [6.07, 6.45) is 2.82. The third-order valence-electron chi connectivity index (χ3n) is 2.95. The molecule has 2 rings (SSSR count). The van der Waals surface area contributed by atoms with Gasteiger partial charge in [-0.25, -0.2) is 4.39 Å². The summed E-state index contributed by atoms with van der Waals surface area (Å²) in [4.78, 5) is 3.77. The number of rotatable bonds is 3. The summed E-state index contributed by atoms with van der Waals surface area (Å²) >= 11 is 5.94. The molecule has 1 N–H and O–H groups in total. The maximum absolute atomic E-state index is 13.8. The smallest absolute Gasteiger partial charge is 0.146 e. The molecule has 1 aromatic heterocycles. The molecule has 0 amide bonds. The third-order valence-corrected chi connectivity index (χ3v) is 3.18. The van der Waals surface area contributed by atoms with Gasteiger partial charge in [-0.05, 0) is 43.3 Å². The molecule has 0 spiro atoms. The van der Waals surface area contributed by atoms with E-state index in [0.29, 0.717) is 10.6 Å². The van der Waals surface area contributed by atoms with E-state index < -0.39 is 0 Å². The van der Waals surface area contributed by atoms with Gasteiger partial charge in [0.05, 0.1) is 12.2 Å². The minimum Gasteiger partial charge on any atom is -0.309 e. The minimum absolute atomic E-state index is 0.203. The highest BCUT2D eigenvalue weighted by molar-refractivity contribution is 6.30. The lowest BCUT2D eigenvalue weighted by Gasteiger charge is -2.19. The molecule has 0 aliphatic carbocycles. The zero-order valence-corrected chi connectivity index (χ0v) is 11.0. The number of nitrogens with zero attached hydrogens (tertiary/aromatic N) is 1. The number of halogens is 2. The number of benzene rings is 1. The summed E-state index contributed by atoms with van der Waals surface area (Å²) in [6.45, 7) is 1.96. The zero-order chi connectivity index (χ0) is 13.1. The van der Waals surface area contributed by atoms with E-state index in [9.17, 15) is 4.39 Å². The van der Waals surface area contributed by atoms with E-state index >= 15 is 0 Å². The standard InChI is InChI=1S/C14H14ClFN2/c1-9-7-10(15)3-4-11(9)14(17-2)12-5-6-18-8-13(12)16/h3-8,14,17H,1-2H3. The summed E-state index contributed by atoms with van der Waals surface area (Å²) in [5.41, 5.74) is 2.61. The quantitative estimate of drug-likeness (QED) is 0.918. The van der Waals surface area contributed by atoms with Crippen LogP contribution in [0.15, 0.2) is 36.7 Å². The third kappa shape index (κ3) is 2.52. The molecule has 0 radical (unpaired) electrons. The SMILES string of the molecule is CNC(c1ccc(Cl)cc1C)c1ccncc1F. The molecule has 1 unspecified atom stereocenters. The van der Waals surface area contributed by atoms with Gasteiger partial charge in [-0.3, -0.25) is 4.98 Å². The van der Waals surface area contributed by atoms with Crippen LogP contribution >= 0.6 is 11.6 Å². The molecule has 0 saturated carbocycles. The van der Waals surface area contributed by atoms with Crippen LogP contribution in [0.4, 0.5) is 4.39 Å². The van der Waals surface area contributed by atoms with Crippen molar-refractivity contribution in [2.24, 2.45) is 0 Å². The van der Waals surface area contributed by atoms with Crippen molar-refractivity contribution in [1.29, 1.82) is 0 Å². The van der Waals surface area contributed by atoms with E-state index in [4.69, 9.17) is 11.6 Å². The van der Waals surface area contributed by atoms with Crippen molar-refractivity contribution in [2.45, 2.75) is 13.0 Å². The highest BCUT2D eigenvalue weighted by Gasteiger charge is 2.17. The van der Waals surface area contributed by atoms with Crippen molar-refractivity contribution in [2.75, 3.05) is 7.05 Å². The summed E-state index contributed by atoms with van der Waals surface area (Å²) in [7, 11) is 1.80. The Bertz CT molecular complexity index is 557. The molecule has 2 nitrogen and oxygen atoms in total. The van der Waals surface area contributed by atoms with Crippen LogP contribution in [0.1, 0.15) is 22.7 Å². The second kappa shape index (κ2) is 5.46. The van der Waals surface area contributed by atoms with Gasteiger partial charge in [0, 0.05) is 16.8 Å². The molecule has 0 aliphatic heterocycles. The maximum atomic E-state index is 13.8. The van der Waals surface area contributed by atoms with Gasteiger partial charge in [0.25, 0.3) is 0 Å². The Morgan fingerprint density at radius 3 is 2.67 bits per heavy atom. The molecule has 1 aromatic carbocycles. The fourth-order valence-corrected chi connectivity index (χ4v) is 2.29. The van der Waals surface area contributed by atoms with Crippen LogP contribution in [0.25, 0.3) is 0 Å². The highest BCUT2D eigenvalue weighted by atomic mass is 35.5. The average Bonchev–Trinajstić information content (AvgIpc) is 2.34. The van der Waals surface area contributed by atoms with Gasteiger partial charge in [-0.2, -0.15) is 0 Å². The summed E-state index contributed by atoms with van der Waals surface area (Å²) < 4.78 is 13.8. The molecular formula is C14H14ClFN2. The average molecular weight is 265 g/mol. The lowest BCUT2D eigenvalue weighted by Crippen LogP contribution is -2.20. The van der Waals surface area contributed by atoms with E-state index in [0.717, 1.165) is 11.1 Å². The second-order valence-electron chi connectivity index (χ2n) is 4.12. The van der Waals surface area contributed by atoms with Crippen LogP contribution in [-0.4, -0.2) is 12.0 Å². The van der Waals surface area contributed by atoms with Crippen LogP contribution in [0.3, 0.4) is 0 Å². The van der Waals surface area contributed by atoms with Crippen molar-refractivity contribution in [3.63, 3.8) is 0 Å². The number of nitrogens with one attached hydrogen (secondary N) is 1. The number of pyridine rings is 1. The molecule has 0 bridgehead atoms. The van der Waals surface area contributed by atoms with Gasteiger partial charge in [-0.15, -0.1) is 0 Å². The molecule has 94 valence electrons. The van der Waals surface area contributed by atoms with Crippen molar-refractivity contribution in [3.05, 3.63) is 64.2 Å². The predicted octanol–water partition coefficient (Wildman–Crippen LogP) is 3.49. The van der Waals surface area contributed by atoms with Gasteiger partial charge in [0.15, 0.2) is 0 Å². The Morgan fingerprint density at radius 1 is 1.28 bits per heavy atom. The van der Waals surface area contributed by atoms with Crippen LogP contribution in [0.2, 0.25) is 5.02 Å². The van der Waals surface area contributed by atoms with Gasteiger partial charge in [-0.1, -0.05) is 17.7 Å². The highest BCUT2D eigenvalue weighted by Crippen LogP contribution is 2.27. The molecule has 18 heavy (non-hydrogen) atoms. The number of hydrogen-bond donors (Lipinski definition) is 1. The van der Waals surface area contributed by atoms with Crippen molar-refractivity contribution in [1.82, 2.24) is 10.3 Å². The number of hydrogen-bond acceptors (Lipinski definition) is 2. The van der Waals surface area contributed by atoms with Crippen LogP contribution in [0, 0.1) is 12.7 Å². The molecular weight excluding hydrogens is 251 g/mol. The normalized spacial score (nSPS) is 12.4. The summed E-state index contributed by atoms with van der Waals surface area (Å²) in [5, 5.41) is 3.81. The minimum atomic E-state index is -0.314. The summed E-state index contributed by atoms with van der Waals surface area (Å²) in [5.74, 6) is -0.314. The van der Waals surface area contributed by atoms with Crippen LogP contribution in [0.5, 0.6) is 0 Å². The first-order chi connectivity index (χ1) is 8.63. The number of aromatic nitrogens is 1. The molecule has 1 heterocycles. The zero-order valence-electron chi connectivity index (χ0n) is 10.2. The monoisotopic (exact) mass is 264 g/mol. The fourth-order valence-electron chi connectivity index (χ4n) is 2.06.